The smallest absolute Gasteiger partial charge is 0.277 e. The van der Waals surface area contributed by atoms with Crippen LogP contribution in [0.25, 0.3) is 0 Å². The molecule has 3 rings (SSSR count). The Morgan fingerprint density at radius 1 is 1.56 bits per heavy atom. The van der Waals surface area contributed by atoms with Crippen molar-refractivity contribution in [3.63, 3.8) is 0 Å². The third-order valence-electron chi connectivity index (χ3n) is 2.63. The van der Waals surface area contributed by atoms with Crippen LogP contribution in [0.3, 0.4) is 0 Å². The maximum absolute atomic E-state index is 11.7. The predicted molar refractivity (Wildman–Crippen MR) is 69.2 cm³/mol. The number of aromatic nitrogens is 3. The van der Waals surface area contributed by atoms with Crippen molar-refractivity contribution in [1.29, 1.82) is 0 Å². The number of hydrogen-bond donors (Lipinski definition) is 4. The minimum atomic E-state index is -0.517. The number of nitrogen functional groups attached to an aromatic ring is 1. The molecule has 0 radical (unpaired) electrons. The molecule has 2 aromatic heterocycles. The zero-order valence-electron chi connectivity index (χ0n) is 9.25. The highest BCUT2D eigenvalue weighted by molar-refractivity contribution is 7.07. The molecule has 9 heteroatoms. The molecule has 3 heterocycles. The normalized spacial score (nSPS) is 17.6. The van der Waals surface area contributed by atoms with Crippen LogP contribution in [0.2, 0.25) is 0 Å². The van der Waals surface area contributed by atoms with Gasteiger partial charge in [0, 0.05) is 5.38 Å². The number of rotatable bonds is 2. The molecule has 8 nitrogen and oxygen atoms in total. The molecule has 18 heavy (non-hydrogen) atoms. The van der Waals surface area contributed by atoms with Crippen molar-refractivity contribution in [2.45, 2.75) is 12.8 Å². The first-order valence-corrected chi connectivity index (χ1v) is 6.15. The van der Waals surface area contributed by atoms with E-state index in [9.17, 15) is 4.79 Å². The van der Waals surface area contributed by atoms with Crippen molar-refractivity contribution >= 4 is 28.8 Å². The molecule has 0 saturated heterocycles. The van der Waals surface area contributed by atoms with E-state index in [1.165, 1.54) is 11.3 Å². The average Bonchev–Trinajstić information content (AvgIpc) is 2.91. The molecule has 0 saturated carbocycles. The lowest BCUT2D eigenvalue weighted by Gasteiger charge is -2.21. The third kappa shape index (κ3) is 1.69. The molecule has 94 valence electrons. The summed E-state index contributed by atoms with van der Waals surface area (Å²) in [5.74, 6) is 0.523. The Labute approximate surface area is 106 Å². The maximum atomic E-state index is 11.7. The second-order valence-electron chi connectivity index (χ2n) is 3.85. The molecule has 0 aromatic carbocycles. The van der Waals surface area contributed by atoms with Gasteiger partial charge in [-0.2, -0.15) is 4.98 Å². The first-order valence-electron chi connectivity index (χ1n) is 5.21. The lowest BCUT2D eigenvalue weighted by Crippen LogP contribution is -2.43. The summed E-state index contributed by atoms with van der Waals surface area (Å²) in [6, 6.07) is 0. The molecule has 1 aliphatic heterocycles. The highest BCUT2D eigenvalue weighted by Crippen LogP contribution is 2.29. The van der Waals surface area contributed by atoms with E-state index in [0.29, 0.717) is 18.1 Å². The summed E-state index contributed by atoms with van der Waals surface area (Å²) in [6.45, 7) is 0.473. The summed E-state index contributed by atoms with van der Waals surface area (Å²) >= 11 is 1.50. The Morgan fingerprint density at radius 2 is 2.39 bits per heavy atom. The van der Waals surface area contributed by atoms with Gasteiger partial charge in [-0.25, -0.2) is 4.98 Å². The lowest BCUT2D eigenvalue weighted by molar-refractivity contribution is 0.684. The van der Waals surface area contributed by atoms with Crippen molar-refractivity contribution in [2.75, 3.05) is 16.0 Å². The van der Waals surface area contributed by atoms with Gasteiger partial charge >= 0.3 is 0 Å². The molecule has 0 amide bonds. The first kappa shape index (κ1) is 11.0. The Kier molecular flexibility index (Phi) is 2.42. The summed E-state index contributed by atoms with van der Waals surface area (Å²) in [6.07, 6.45) is -0.517. The number of aromatic amines is 1. The minimum Gasteiger partial charge on any atom is -0.369 e. The summed E-state index contributed by atoms with van der Waals surface area (Å²) in [5, 5.41) is 4.79. The Morgan fingerprint density at radius 3 is 3.11 bits per heavy atom. The number of nitrogens with one attached hydrogen (secondary N) is 2. The molecule has 1 atom stereocenters. The molecule has 1 aliphatic rings. The van der Waals surface area contributed by atoms with E-state index >= 15 is 0 Å². The maximum Gasteiger partial charge on any atom is 0.277 e. The second kappa shape index (κ2) is 3.96. The van der Waals surface area contributed by atoms with E-state index < -0.39 is 6.29 Å². The molecule has 0 aliphatic carbocycles. The zero-order chi connectivity index (χ0) is 12.7. The molecule has 0 bridgehead atoms. The first-order chi connectivity index (χ1) is 8.65. The van der Waals surface area contributed by atoms with Gasteiger partial charge in [-0.05, 0) is 0 Å². The van der Waals surface area contributed by atoms with E-state index in [4.69, 9.17) is 11.5 Å². The van der Waals surface area contributed by atoms with Crippen LogP contribution in [0.1, 0.15) is 5.69 Å². The molecule has 1 unspecified atom stereocenters. The topological polar surface area (TPSA) is 126 Å². The summed E-state index contributed by atoms with van der Waals surface area (Å²) < 4.78 is 0. The van der Waals surface area contributed by atoms with Crippen LogP contribution in [-0.4, -0.2) is 21.2 Å². The summed E-state index contributed by atoms with van der Waals surface area (Å²) in [5.41, 5.74) is 14.1. The summed E-state index contributed by atoms with van der Waals surface area (Å²) in [4.78, 5) is 24.1. The molecular weight excluding hydrogens is 254 g/mol. The minimum absolute atomic E-state index is 0.0675. The van der Waals surface area contributed by atoms with Gasteiger partial charge in [0.15, 0.2) is 12.1 Å². The fourth-order valence-electron chi connectivity index (χ4n) is 1.84. The SMILES string of the molecule is Nc1nc2c(c(=O)[nH]1)NC(N)N2Cc1cscn1. The number of thiazole rings is 1. The molecule has 0 spiro atoms. The molecule has 0 fully saturated rings. The van der Waals surface area contributed by atoms with Gasteiger partial charge in [0.05, 0.1) is 17.7 Å². The quantitative estimate of drug-likeness (QED) is 0.575. The highest BCUT2D eigenvalue weighted by atomic mass is 32.1. The van der Waals surface area contributed by atoms with Crippen molar-refractivity contribution in [1.82, 2.24) is 15.0 Å². The number of hydrogen-bond acceptors (Lipinski definition) is 8. The van der Waals surface area contributed by atoms with Crippen molar-refractivity contribution in [3.05, 3.63) is 26.9 Å². The van der Waals surface area contributed by atoms with E-state index in [0.717, 1.165) is 5.69 Å². The monoisotopic (exact) mass is 265 g/mol. The van der Waals surface area contributed by atoms with Gasteiger partial charge in [-0.1, -0.05) is 0 Å². The van der Waals surface area contributed by atoms with Crippen LogP contribution in [0.4, 0.5) is 17.5 Å². The number of nitrogens with two attached hydrogens (primary N) is 2. The molecule has 2 aromatic rings. The number of H-pyrrole nitrogens is 1. The van der Waals surface area contributed by atoms with Gasteiger partial charge in [-0.3, -0.25) is 15.5 Å². The van der Waals surface area contributed by atoms with E-state index in [1.807, 2.05) is 5.38 Å². The van der Waals surface area contributed by atoms with E-state index in [1.54, 1.807) is 10.4 Å². The fourth-order valence-corrected chi connectivity index (χ4v) is 2.39. The van der Waals surface area contributed by atoms with E-state index in [2.05, 4.69) is 20.3 Å². The van der Waals surface area contributed by atoms with Gasteiger partial charge < -0.3 is 16.0 Å². The Bertz CT molecular complexity index is 622. The van der Waals surface area contributed by atoms with Crippen molar-refractivity contribution < 1.29 is 0 Å². The Hall–Kier alpha value is -2.13. The van der Waals surface area contributed by atoms with Crippen LogP contribution in [0, 0.1) is 0 Å². The van der Waals surface area contributed by atoms with E-state index in [-0.39, 0.29) is 11.5 Å². The van der Waals surface area contributed by atoms with Crippen LogP contribution in [0.5, 0.6) is 0 Å². The average molecular weight is 265 g/mol. The largest absolute Gasteiger partial charge is 0.369 e. The zero-order valence-corrected chi connectivity index (χ0v) is 10.1. The molecular formula is C9H11N7OS. The predicted octanol–water partition coefficient (Wildman–Crippen LogP) is -0.517. The van der Waals surface area contributed by atoms with Gasteiger partial charge in [0.2, 0.25) is 5.95 Å². The van der Waals surface area contributed by atoms with Crippen molar-refractivity contribution in [2.24, 2.45) is 5.73 Å². The van der Waals surface area contributed by atoms with Gasteiger partial charge in [0.1, 0.15) is 5.69 Å². The van der Waals surface area contributed by atoms with Crippen LogP contribution in [0.15, 0.2) is 15.7 Å². The van der Waals surface area contributed by atoms with Crippen LogP contribution < -0.4 is 27.2 Å². The van der Waals surface area contributed by atoms with Crippen molar-refractivity contribution in [3.8, 4) is 0 Å². The standard InChI is InChI=1S/C9H11N7OS/c10-8-14-6-5(7(17)15-8)13-9(11)16(6)1-4-2-18-3-12-4/h2-3,9,13H,1,11H2,(H3,10,14,15,17). The number of anilines is 3. The molecule has 6 N–H and O–H groups in total. The van der Waals surface area contributed by atoms with Gasteiger partial charge in [-0.15, -0.1) is 11.3 Å². The fraction of sp³-hybridized carbons (Fsp3) is 0.222. The lowest BCUT2D eigenvalue weighted by atomic mass is 10.4. The second-order valence-corrected chi connectivity index (χ2v) is 4.57. The van der Waals surface area contributed by atoms with Crippen LogP contribution >= 0.6 is 11.3 Å². The summed E-state index contributed by atoms with van der Waals surface area (Å²) in [7, 11) is 0. The Balaban J connectivity index is 2.01. The number of nitrogens with zero attached hydrogens (tertiary/aromatic N) is 3. The number of fused-ring (bicyclic) bond motifs is 1. The highest BCUT2D eigenvalue weighted by Gasteiger charge is 2.30. The third-order valence-corrected chi connectivity index (χ3v) is 3.27. The van der Waals surface area contributed by atoms with Crippen LogP contribution in [-0.2, 0) is 6.54 Å². The van der Waals surface area contributed by atoms with Gasteiger partial charge in [0.25, 0.3) is 5.56 Å².